The van der Waals surface area contributed by atoms with Gasteiger partial charge in [-0.1, -0.05) is 6.07 Å². The summed E-state index contributed by atoms with van der Waals surface area (Å²) < 4.78 is 40.4. The van der Waals surface area contributed by atoms with E-state index in [0.717, 1.165) is 0 Å². The van der Waals surface area contributed by atoms with E-state index in [4.69, 9.17) is 15.6 Å². The first kappa shape index (κ1) is 13.1. The number of hydrogen-bond donors (Lipinski definition) is 2. The third-order valence-corrected chi connectivity index (χ3v) is 1.92. The highest BCUT2D eigenvalue weighted by atomic mass is 19.4. The molecule has 0 atom stereocenters. The Bertz CT molecular complexity index is 418. The van der Waals surface area contributed by atoms with Crippen LogP contribution in [0.15, 0.2) is 18.2 Å². The quantitative estimate of drug-likeness (QED) is 0.803. The topological polar surface area (TPSA) is 72.5 Å². The standard InChI is InChI=1S/C10H10F3NO3/c11-10(12,13)4-5-17-7-3-1-2-6(14)8(7)9(15)16/h1-3H,4-5,14H2,(H,15,16). The van der Waals surface area contributed by atoms with Gasteiger partial charge in [-0.25, -0.2) is 4.79 Å². The normalized spacial score (nSPS) is 11.2. The number of anilines is 1. The summed E-state index contributed by atoms with van der Waals surface area (Å²) in [6.07, 6.45) is -5.50. The molecule has 0 heterocycles. The van der Waals surface area contributed by atoms with Gasteiger partial charge in [-0.3, -0.25) is 0 Å². The SMILES string of the molecule is Nc1cccc(OCCC(F)(F)F)c1C(=O)O. The number of nitrogens with two attached hydrogens (primary N) is 1. The summed E-state index contributed by atoms with van der Waals surface area (Å²) in [4.78, 5) is 10.8. The van der Waals surface area contributed by atoms with Gasteiger partial charge in [0.1, 0.15) is 11.3 Å². The molecule has 1 rings (SSSR count). The second kappa shape index (κ2) is 4.94. The Labute approximate surface area is 94.8 Å². The molecule has 0 amide bonds. The average Bonchev–Trinajstić information content (AvgIpc) is 2.14. The molecule has 17 heavy (non-hydrogen) atoms. The van der Waals surface area contributed by atoms with Crippen LogP contribution in [0.2, 0.25) is 0 Å². The van der Waals surface area contributed by atoms with Crippen molar-refractivity contribution in [3.05, 3.63) is 23.8 Å². The number of carbonyl (C=O) groups is 1. The lowest BCUT2D eigenvalue weighted by atomic mass is 10.1. The Balaban J connectivity index is 2.78. The number of carboxylic acids is 1. The molecular formula is C10H10F3NO3. The van der Waals surface area contributed by atoms with E-state index in [9.17, 15) is 18.0 Å². The molecule has 0 unspecified atom stereocenters. The number of hydrogen-bond acceptors (Lipinski definition) is 3. The van der Waals surface area contributed by atoms with Crippen molar-refractivity contribution in [2.45, 2.75) is 12.6 Å². The monoisotopic (exact) mass is 249 g/mol. The summed E-state index contributed by atoms with van der Waals surface area (Å²) in [6, 6.07) is 4.00. The Morgan fingerprint density at radius 3 is 2.59 bits per heavy atom. The van der Waals surface area contributed by atoms with Crippen LogP contribution >= 0.6 is 0 Å². The van der Waals surface area contributed by atoms with Gasteiger partial charge in [0.25, 0.3) is 0 Å². The van der Waals surface area contributed by atoms with Gasteiger partial charge in [-0.05, 0) is 12.1 Å². The van der Waals surface area contributed by atoms with E-state index in [1.807, 2.05) is 0 Å². The predicted octanol–water partition coefficient (Wildman–Crippen LogP) is 2.30. The largest absolute Gasteiger partial charge is 0.492 e. The average molecular weight is 249 g/mol. The minimum atomic E-state index is -4.34. The lowest BCUT2D eigenvalue weighted by Crippen LogP contribution is -2.14. The zero-order chi connectivity index (χ0) is 13.1. The molecule has 0 radical (unpaired) electrons. The lowest BCUT2D eigenvalue weighted by molar-refractivity contribution is -0.139. The Hall–Kier alpha value is -1.92. The summed E-state index contributed by atoms with van der Waals surface area (Å²) in [5, 5.41) is 8.82. The minimum absolute atomic E-state index is 0.0537. The van der Waals surface area contributed by atoms with Gasteiger partial charge in [-0.15, -0.1) is 0 Å². The van der Waals surface area contributed by atoms with Crippen LogP contribution in [0.1, 0.15) is 16.8 Å². The fourth-order valence-corrected chi connectivity index (χ4v) is 1.17. The number of aromatic carboxylic acids is 1. The van der Waals surface area contributed by atoms with Gasteiger partial charge >= 0.3 is 12.1 Å². The zero-order valence-corrected chi connectivity index (χ0v) is 8.62. The first-order chi connectivity index (χ1) is 7.81. The van der Waals surface area contributed by atoms with Crippen LogP contribution in [-0.4, -0.2) is 23.9 Å². The predicted molar refractivity (Wildman–Crippen MR) is 54.0 cm³/mol. The van der Waals surface area contributed by atoms with Crippen LogP contribution in [0.25, 0.3) is 0 Å². The van der Waals surface area contributed by atoms with Gasteiger partial charge in [0.2, 0.25) is 0 Å². The van der Waals surface area contributed by atoms with Gasteiger partial charge in [0.15, 0.2) is 0 Å². The summed E-state index contributed by atoms with van der Waals surface area (Å²) in [6.45, 7) is -0.646. The highest BCUT2D eigenvalue weighted by molar-refractivity contribution is 5.96. The molecule has 0 aromatic heterocycles. The van der Waals surface area contributed by atoms with E-state index < -0.39 is 25.2 Å². The molecule has 0 aliphatic heterocycles. The maximum Gasteiger partial charge on any atom is 0.392 e. The molecule has 0 fully saturated rings. The highest BCUT2D eigenvalue weighted by Crippen LogP contribution is 2.26. The van der Waals surface area contributed by atoms with Gasteiger partial charge < -0.3 is 15.6 Å². The van der Waals surface area contributed by atoms with Crippen molar-refractivity contribution in [2.24, 2.45) is 0 Å². The van der Waals surface area contributed by atoms with E-state index in [2.05, 4.69) is 0 Å². The zero-order valence-electron chi connectivity index (χ0n) is 8.62. The fourth-order valence-electron chi connectivity index (χ4n) is 1.17. The Kier molecular flexibility index (Phi) is 3.82. The number of alkyl halides is 3. The summed E-state index contributed by atoms with van der Waals surface area (Å²) in [5.41, 5.74) is 5.02. The molecular weight excluding hydrogens is 239 g/mol. The number of carboxylic acid groups (broad SMARTS) is 1. The second-order valence-corrected chi connectivity index (χ2v) is 3.24. The van der Waals surface area contributed by atoms with Gasteiger partial charge in [0, 0.05) is 5.69 Å². The maximum absolute atomic E-state index is 11.9. The number of rotatable bonds is 4. The molecule has 0 saturated carbocycles. The van der Waals surface area contributed by atoms with Crippen molar-refractivity contribution in [2.75, 3.05) is 12.3 Å². The second-order valence-electron chi connectivity index (χ2n) is 3.24. The molecule has 1 aromatic carbocycles. The molecule has 1 aromatic rings. The third-order valence-electron chi connectivity index (χ3n) is 1.92. The summed E-state index contributed by atoms with van der Waals surface area (Å²) in [7, 11) is 0. The minimum Gasteiger partial charge on any atom is -0.492 e. The molecule has 94 valence electrons. The van der Waals surface area contributed by atoms with Crippen LogP contribution in [0, 0.1) is 0 Å². The van der Waals surface area contributed by atoms with Crippen LogP contribution in [0.4, 0.5) is 18.9 Å². The van der Waals surface area contributed by atoms with E-state index >= 15 is 0 Å². The van der Waals surface area contributed by atoms with Crippen molar-refractivity contribution < 1.29 is 27.8 Å². The molecule has 3 N–H and O–H groups in total. The van der Waals surface area contributed by atoms with Crippen LogP contribution in [-0.2, 0) is 0 Å². The van der Waals surface area contributed by atoms with E-state index in [0.29, 0.717) is 0 Å². The molecule has 0 saturated heterocycles. The number of benzene rings is 1. The number of nitrogen functional groups attached to an aromatic ring is 1. The molecule has 0 aliphatic carbocycles. The van der Waals surface area contributed by atoms with E-state index in [1.165, 1.54) is 18.2 Å². The van der Waals surface area contributed by atoms with E-state index in [1.54, 1.807) is 0 Å². The molecule has 0 bridgehead atoms. The Morgan fingerprint density at radius 2 is 2.06 bits per heavy atom. The summed E-state index contributed by atoms with van der Waals surface area (Å²) in [5.74, 6) is -1.51. The van der Waals surface area contributed by atoms with Crippen molar-refractivity contribution in [3.8, 4) is 5.75 Å². The van der Waals surface area contributed by atoms with Crippen molar-refractivity contribution in [3.63, 3.8) is 0 Å². The molecule has 0 spiro atoms. The summed E-state index contributed by atoms with van der Waals surface area (Å²) >= 11 is 0. The van der Waals surface area contributed by atoms with Crippen molar-refractivity contribution in [1.29, 1.82) is 0 Å². The third kappa shape index (κ3) is 3.86. The van der Waals surface area contributed by atoms with Crippen molar-refractivity contribution in [1.82, 2.24) is 0 Å². The first-order valence-corrected chi connectivity index (χ1v) is 4.62. The fraction of sp³-hybridized carbons (Fsp3) is 0.300. The maximum atomic E-state index is 11.9. The van der Waals surface area contributed by atoms with Gasteiger partial charge in [0.05, 0.1) is 13.0 Å². The van der Waals surface area contributed by atoms with Crippen LogP contribution in [0.5, 0.6) is 5.75 Å². The van der Waals surface area contributed by atoms with Crippen LogP contribution in [0.3, 0.4) is 0 Å². The Morgan fingerprint density at radius 1 is 1.41 bits per heavy atom. The highest BCUT2D eigenvalue weighted by Gasteiger charge is 2.27. The molecule has 4 nitrogen and oxygen atoms in total. The van der Waals surface area contributed by atoms with Crippen LogP contribution < -0.4 is 10.5 Å². The smallest absolute Gasteiger partial charge is 0.392 e. The van der Waals surface area contributed by atoms with E-state index in [-0.39, 0.29) is 17.0 Å². The molecule has 0 aliphatic rings. The number of ether oxygens (including phenoxy) is 1. The van der Waals surface area contributed by atoms with Crippen molar-refractivity contribution >= 4 is 11.7 Å². The lowest BCUT2D eigenvalue weighted by Gasteiger charge is -2.11. The van der Waals surface area contributed by atoms with Gasteiger partial charge in [-0.2, -0.15) is 13.2 Å². The molecule has 7 heteroatoms. The number of halogens is 3. The first-order valence-electron chi connectivity index (χ1n) is 4.62.